The van der Waals surface area contributed by atoms with Gasteiger partial charge in [0.25, 0.3) is 0 Å². The molecule has 0 atom stereocenters. The minimum atomic E-state index is -0.228. The molecule has 2 N–H and O–H groups in total. The highest BCUT2D eigenvalue weighted by Crippen LogP contribution is 2.33. The molecule has 0 spiro atoms. The Labute approximate surface area is 194 Å². The SMILES string of the molecule is CCc1c(N)ncnc1N1CCC(c2nc(-c3cccc(F)c3)cn2CCN2CCC2)CC1. The van der Waals surface area contributed by atoms with Gasteiger partial charge in [0.1, 0.15) is 29.6 Å². The van der Waals surface area contributed by atoms with E-state index in [4.69, 9.17) is 10.7 Å². The molecular formula is C25H32FN7. The number of nitrogen functional groups attached to an aromatic ring is 1. The van der Waals surface area contributed by atoms with Crippen LogP contribution in [-0.4, -0.2) is 57.1 Å². The number of anilines is 2. The predicted molar refractivity (Wildman–Crippen MR) is 129 cm³/mol. The Morgan fingerprint density at radius 2 is 1.91 bits per heavy atom. The molecule has 3 aromatic rings. The maximum Gasteiger partial charge on any atom is 0.137 e. The Kier molecular flexibility index (Phi) is 6.26. The molecular weight excluding hydrogens is 417 g/mol. The summed E-state index contributed by atoms with van der Waals surface area (Å²) in [5, 5.41) is 0. The molecule has 2 aliphatic heterocycles. The van der Waals surface area contributed by atoms with Crippen LogP contribution >= 0.6 is 0 Å². The second-order valence-electron chi connectivity index (χ2n) is 9.06. The number of imidazole rings is 1. The van der Waals surface area contributed by atoms with Gasteiger partial charge in [-0.25, -0.2) is 19.3 Å². The van der Waals surface area contributed by atoms with E-state index >= 15 is 0 Å². The number of piperidine rings is 1. The van der Waals surface area contributed by atoms with Crippen LogP contribution in [0.15, 0.2) is 36.8 Å². The first-order chi connectivity index (χ1) is 16.1. The molecule has 174 valence electrons. The van der Waals surface area contributed by atoms with Gasteiger partial charge in [-0.05, 0) is 50.9 Å². The first-order valence-electron chi connectivity index (χ1n) is 12.0. The Morgan fingerprint density at radius 1 is 1.09 bits per heavy atom. The lowest BCUT2D eigenvalue weighted by Gasteiger charge is -2.34. The van der Waals surface area contributed by atoms with E-state index in [1.807, 2.05) is 6.07 Å². The van der Waals surface area contributed by atoms with Crippen molar-refractivity contribution < 1.29 is 4.39 Å². The number of likely N-dealkylation sites (tertiary alicyclic amines) is 1. The van der Waals surface area contributed by atoms with Crippen molar-refractivity contribution in [2.75, 3.05) is 43.4 Å². The highest BCUT2D eigenvalue weighted by atomic mass is 19.1. The molecule has 0 aliphatic carbocycles. The molecule has 0 bridgehead atoms. The first-order valence-corrected chi connectivity index (χ1v) is 12.0. The molecule has 5 rings (SSSR count). The van der Waals surface area contributed by atoms with Crippen molar-refractivity contribution >= 4 is 11.6 Å². The predicted octanol–water partition coefficient (Wildman–Crippen LogP) is 3.71. The smallest absolute Gasteiger partial charge is 0.137 e. The van der Waals surface area contributed by atoms with Gasteiger partial charge < -0.3 is 20.1 Å². The minimum Gasteiger partial charge on any atom is -0.383 e. The molecule has 7 nitrogen and oxygen atoms in total. The van der Waals surface area contributed by atoms with E-state index in [0.29, 0.717) is 11.7 Å². The molecule has 0 amide bonds. The molecule has 2 saturated heterocycles. The van der Waals surface area contributed by atoms with E-state index < -0.39 is 0 Å². The lowest BCUT2D eigenvalue weighted by Crippen LogP contribution is -2.39. The van der Waals surface area contributed by atoms with Crippen molar-refractivity contribution in [3.63, 3.8) is 0 Å². The van der Waals surface area contributed by atoms with Crippen LogP contribution in [0.2, 0.25) is 0 Å². The van der Waals surface area contributed by atoms with Crippen molar-refractivity contribution in [1.82, 2.24) is 24.4 Å². The summed E-state index contributed by atoms with van der Waals surface area (Å²) in [6.45, 7) is 8.21. The first kappa shape index (κ1) is 21.8. The average Bonchev–Trinajstić information content (AvgIpc) is 3.22. The summed E-state index contributed by atoms with van der Waals surface area (Å²) in [6, 6.07) is 6.73. The van der Waals surface area contributed by atoms with Crippen molar-refractivity contribution in [2.45, 2.75) is 45.1 Å². The summed E-state index contributed by atoms with van der Waals surface area (Å²) in [4.78, 5) is 18.5. The topological polar surface area (TPSA) is 76.1 Å². The largest absolute Gasteiger partial charge is 0.383 e. The highest BCUT2D eigenvalue weighted by Gasteiger charge is 2.27. The van der Waals surface area contributed by atoms with Gasteiger partial charge in [0.15, 0.2) is 0 Å². The number of hydrogen-bond donors (Lipinski definition) is 1. The average molecular weight is 450 g/mol. The van der Waals surface area contributed by atoms with Crippen LogP contribution < -0.4 is 10.6 Å². The summed E-state index contributed by atoms with van der Waals surface area (Å²) in [5.41, 5.74) is 8.81. The molecule has 0 unspecified atom stereocenters. The molecule has 4 heterocycles. The van der Waals surface area contributed by atoms with Crippen LogP contribution in [-0.2, 0) is 13.0 Å². The second kappa shape index (κ2) is 9.47. The number of hydrogen-bond acceptors (Lipinski definition) is 6. The molecule has 2 aromatic heterocycles. The van der Waals surface area contributed by atoms with Gasteiger partial charge in [-0.15, -0.1) is 0 Å². The third-order valence-corrected chi connectivity index (χ3v) is 7.00. The van der Waals surface area contributed by atoms with Crippen molar-refractivity contribution in [3.05, 3.63) is 54.0 Å². The zero-order chi connectivity index (χ0) is 22.8. The molecule has 8 heteroatoms. The number of halogens is 1. The Morgan fingerprint density at radius 3 is 2.61 bits per heavy atom. The maximum absolute atomic E-state index is 13.9. The number of benzene rings is 1. The maximum atomic E-state index is 13.9. The summed E-state index contributed by atoms with van der Waals surface area (Å²) < 4.78 is 16.2. The molecule has 33 heavy (non-hydrogen) atoms. The van der Waals surface area contributed by atoms with Crippen LogP contribution in [0.3, 0.4) is 0 Å². The van der Waals surface area contributed by atoms with Gasteiger partial charge in [0.05, 0.1) is 5.69 Å². The Bertz CT molecular complexity index is 1100. The number of aromatic nitrogens is 4. The fourth-order valence-electron chi connectivity index (χ4n) is 4.95. The summed E-state index contributed by atoms with van der Waals surface area (Å²) in [6.07, 6.45) is 7.77. The molecule has 2 aliphatic rings. The van der Waals surface area contributed by atoms with Crippen LogP contribution in [0.1, 0.15) is 43.5 Å². The summed E-state index contributed by atoms with van der Waals surface area (Å²) >= 11 is 0. The zero-order valence-electron chi connectivity index (χ0n) is 19.3. The van der Waals surface area contributed by atoms with Crippen molar-refractivity contribution in [3.8, 4) is 11.3 Å². The summed E-state index contributed by atoms with van der Waals surface area (Å²) in [7, 11) is 0. The molecule has 0 radical (unpaired) electrons. The fourth-order valence-corrected chi connectivity index (χ4v) is 4.95. The quantitative estimate of drug-likeness (QED) is 0.593. The van der Waals surface area contributed by atoms with E-state index in [9.17, 15) is 4.39 Å². The fraction of sp³-hybridized carbons (Fsp3) is 0.480. The van der Waals surface area contributed by atoms with Crippen molar-refractivity contribution in [2.24, 2.45) is 0 Å². The van der Waals surface area contributed by atoms with Crippen LogP contribution in [0, 0.1) is 5.82 Å². The van der Waals surface area contributed by atoms with Crippen molar-refractivity contribution in [1.29, 1.82) is 0 Å². The van der Waals surface area contributed by atoms with Gasteiger partial charge in [-0.3, -0.25) is 0 Å². The third-order valence-electron chi connectivity index (χ3n) is 7.00. The standard InChI is InChI=1S/C25H32FN7/c1-2-21-23(27)28-17-29-25(21)32-11-7-18(8-12-32)24-30-22(19-5-3-6-20(26)15-19)16-33(24)14-13-31-9-4-10-31/h3,5-6,15-18H,2,4,7-14H2,1H3,(H2,27,28,29). The van der Waals surface area contributed by atoms with E-state index in [2.05, 4.69) is 37.5 Å². The highest BCUT2D eigenvalue weighted by molar-refractivity contribution is 5.59. The van der Waals surface area contributed by atoms with Crippen LogP contribution in [0.25, 0.3) is 11.3 Å². The monoisotopic (exact) mass is 449 g/mol. The van der Waals surface area contributed by atoms with Gasteiger partial charge in [-0.2, -0.15) is 0 Å². The number of nitrogens with zero attached hydrogens (tertiary/aromatic N) is 6. The van der Waals surface area contributed by atoms with E-state index in [0.717, 1.165) is 73.9 Å². The molecule has 0 saturated carbocycles. The van der Waals surface area contributed by atoms with Gasteiger partial charge in [-0.1, -0.05) is 19.1 Å². The number of rotatable bonds is 7. The molecule has 2 fully saturated rings. The van der Waals surface area contributed by atoms with Gasteiger partial charge in [0.2, 0.25) is 0 Å². The lowest BCUT2D eigenvalue weighted by atomic mass is 9.95. The third kappa shape index (κ3) is 4.57. The van der Waals surface area contributed by atoms with E-state index in [1.54, 1.807) is 18.5 Å². The molecule has 1 aromatic carbocycles. The normalized spacial score (nSPS) is 17.3. The zero-order valence-corrected chi connectivity index (χ0v) is 19.3. The lowest BCUT2D eigenvalue weighted by molar-refractivity contribution is 0.173. The van der Waals surface area contributed by atoms with Crippen LogP contribution in [0.5, 0.6) is 0 Å². The Hall–Kier alpha value is -3.00. The van der Waals surface area contributed by atoms with Gasteiger partial charge >= 0.3 is 0 Å². The second-order valence-corrected chi connectivity index (χ2v) is 9.06. The van der Waals surface area contributed by atoms with Gasteiger partial charge in [0, 0.05) is 49.4 Å². The van der Waals surface area contributed by atoms with Crippen LogP contribution in [0.4, 0.5) is 16.0 Å². The number of nitrogens with two attached hydrogens (primary N) is 1. The van der Waals surface area contributed by atoms with E-state index in [1.165, 1.54) is 25.6 Å². The summed E-state index contributed by atoms with van der Waals surface area (Å²) in [5.74, 6) is 2.79. The Balaban J connectivity index is 1.36. The van der Waals surface area contributed by atoms with E-state index in [-0.39, 0.29) is 5.82 Å². The minimum absolute atomic E-state index is 0.228.